The molecule has 0 aliphatic carbocycles. The average molecular weight is 288 g/mol. The summed E-state index contributed by atoms with van der Waals surface area (Å²) in [6, 6.07) is 6.93. The molecule has 1 aromatic rings. The lowest BCUT2D eigenvalue weighted by Gasteiger charge is -2.28. The van der Waals surface area contributed by atoms with E-state index in [4.69, 9.17) is 0 Å². The lowest BCUT2D eigenvalue weighted by Crippen LogP contribution is -2.27. The van der Waals surface area contributed by atoms with E-state index in [0.29, 0.717) is 5.41 Å². The van der Waals surface area contributed by atoms with Crippen LogP contribution in [0.3, 0.4) is 0 Å². The Morgan fingerprint density at radius 1 is 1.29 bits per heavy atom. The first-order valence-electron chi connectivity index (χ1n) is 8.47. The molecule has 1 unspecified atom stereocenters. The van der Waals surface area contributed by atoms with Gasteiger partial charge >= 0.3 is 0 Å². The van der Waals surface area contributed by atoms with Crippen molar-refractivity contribution in [3.63, 3.8) is 0 Å². The molecule has 1 aliphatic heterocycles. The third kappa shape index (κ3) is 4.23. The molecule has 1 atom stereocenters. The van der Waals surface area contributed by atoms with Crippen LogP contribution in [0.1, 0.15) is 51.7 Å². The second-order valence-electron chi connectivity index (χ2n) is 7.61. The first-order chi connectivity index (χ1) is 9.91. The van der Waals surface area contributed by atoms with E-state index in [0.717, 1.165) is 19.0 Å². The van der Waals surface area contributed by atoms with Crippen LogP contribution in [0.5, 0.6) is 0 Å². The van der Waals surface area contributed by atoms with Crippen LogP contribution >= 0.6 is 0 Å². The minimum atomic E-state index is 0.417. The summed E-state index contributed by atoms with van der Waals surface area (Å²) in [5, 5.41) is 3.56. The first-order valence-corrected chi connectivity index (χ1v) is 8.47. The molecule has 0 aromatic heterocycles. The van der Waals surface area contributed by atoms with Crippen LogP contribution in [-0.2, 0) is 6.54 Å². The van der Waals surface area contributed by atoms with Gasteiger partial charge in [0.2, 0.25) is 0 Å². The molecule has 1 aliphatic rings. The minimum absolute atomic E-state index is 0.417. The van der Waals surface area contributed by atoms with E-state index in [9.17, 15) is 0 Å². The summed E-state index contributed by atoms with van der Waals surface area (Å²) in [4.78, 5) is 2.60. The van der Waals surface area contributed by atoms with Gasteiger partial charge in [0.25, 0.3) is 0 Å². The van der Waals surface area contributed by atoms with Crippen LogP contribution in [-0.4, -0.2) is 19.6 Å². The quantitative estimate of drug-likeness (QED) is 0.810. The van der Waals surface area contributed by atoms with Gasteiger partial charge in [-0.1, -0.05) is 45.4 Å². The lowest BCUT2D eigenvalue weighted by molar-refractivity contribution is 0.263. The molecule has 118 valence electrons. The Morgan fingerprint density at radius 3 is 2.67 bits per heavy atom. The van der Waals surface area contributed by atoms with Crippen molar-refractivity contribution in [3.05, 3.63) is 29.3 Å². The Hall–Kier alpha value is -1.02. The summed E-state index contributed by atoms with van der Waals surface area (Å²) in [6.07, 6.45) is 2.51. The van der Waals surface area contributed by atoms with E-state index in [2.05, 4.69) is 63.0 Å². The van der Waals surface area contributed by atoms with Crippen molar-refractivity contribution in [1.82, 2.24) is 5.32 Å². The predicted octanol–water partition coefficient (Wildman–Crippen LogP) is 4.37. The molecule has 1 fully saturated rings. The van der Waals surface area contributed by atoms with E-state index in [-0.39, 0.29) is 0 Å². The van der Waals surface area contributed by atoms with Crippen LogP contribution in [0.4, 0.5) is 5.69 Å². The van der Waals surface area contributed by atoms with E-state index >= 15 is 0 Å². The molecule has 1 heterocycles. The normalized spacial score (nSPS) is 19.3. The number of hydrogen-bond donors (Lipinski definition) is 1. The maximum Gasteiger partial charge on any atom is 0.0412 e. The van der Waals surface area contributed by atoms with Crippen molar-refractivity contribution < 1.29 is 0 Å². The molecule has 0 spiro atoms. The van der Waals surface area contributed by atoms with Crippen molar-refractivity contribution in [2.75, 3.05) is 24.5 Å². The zero-order valence-electron chi connectivity index (χ0n) is 14.5. The molecule has 0 amide bonds. The van der Waals surface area contributed by atoms with Crippen molar-refractivity contribution in [2.45, 2.75) is 54.0 Å². The maximum atomic E-state index is 3.56. The molecule has 0 radical (unpaired) electrons. The van der Waals surface area contributed by atoms with Crippen LogP contribution in [0.2, 0.25) is 0 Å². The van der Waals surface area contributed by atoms with Crippen molar-refractivity contribution in [1.29, 1.82) is 0 Å². The Kier molecular flexibility index (Phi) is 5.32. The Morgan fingerprint density at radius 2 is 2.05 bits per heavy atom. The summed E-state index contributed by atoms with van der Waals surface area (Å²) >= 11 is 0. The van der Waals surface area contributed by atoms with Crippen molar-refractivity contribution >= 4 is 5.69 Å². The fourth-order valence-corrected chi connectivity index (χ4v) is 3.25. The number of nitrogens with zero attached hydrogens (tertiary/aromatic N) is 1. The predicted molar refractivity (Wildman–Crippen MR) is 93.0 cm³/mol. The summed E-state index contributed by atoms with van der Waals surface area (Å²) < 4.78 is 0. The molecule has 1 N–H and O–H groups in total. The molecule has 2 heteroatoms. The Balaban J connectivity index is 2.12. The fourth-order valence-electron chi connectivity index (χ4n) is 3.25. The second-order valence-corrected chi connectivity index (χ2v) is 7.61. The molecule has 2 rings (SSSR count). The highest BCUT2D eigenvalue weighted by atomic mass is 15.2. The Labute approximate surface area is 130 Å². The number of anilines is 1. The number of rotatable bonds is 5. The monoisotopic (exact) mass is 288 g/mol. The van der Waals surface area contributed by atoms with Gasteiger partial charge in [0, 0.05) is 25.3 Å². The fraction of sp³-hybridized carbons (Fsp3) is 0.684. The first kappa shape index (κ1) is 16.4. The van der Waals surface area contributed by atoms with E-state index < -0.39 is 0 Å². The number of aryl methyl sites for hydroxylation is 1. The highest BCUT2D eigenvalue weighted by molar-refractivity contribution is 5.55. The Bertz CT molecular complexity index is 459. The van der Waals surface area contributed by atoms with Gasteiger partial charge in [-0.05, 0) is 49.3 Å². The molecule has 1 saturated heterocycles. The van der Waals surface area contributed by atoms with Crippen molar-refractivity contribution in [2.24, 2.45) is 11.3 Å². The van der Waals surface area contributed by atoms with Crippen LogP contribution < -0.4 is 10.2 Å². The summed E-state index contributed by atoms with van der Waals surface area (Å²) in [5.41, 5.74) is 4.67. The molecule has 0 bridgehead atoms. The summed E-state index contributed by atoms with van der Waals surface area (Å²) in [5.74, 6) is 0.801. The van der Waals surface area contributed by atoms with Gasteiger partial charge < -0.3 is 10.2 Å². The second kappa shape index (κ2) is 6.83. The number of benzene rings is 1. The highest BCUT2D eigenvalue weighted by Gasteiger charge is 2.32. The lowest BCUT2D eigenvalue weighted by atomic mass is 9.80. The summed E-state index contributed by atoms with van der Waals surface area (Å²) in [6.45, 7) is 16.0. The topological polar surface area (TPSA) is 15.3 Å². The van der Waals surface area contributed by atoms with Gasteiger partial charge in [0.1, 0.15) is 0 Å². The van der Waals surface area contributed by atoms with Gasteiger partial charge in [-0.2, -0.15) is 0 Å². The summed E-state index contributed by atoms with van der Waals surface area (Å²) in [7, 11) is 0. The SMILES string of the molecule is CCCNCc1cc(C)ccc1N1CCC(C(C)(C)C)C1. The number of hydrogen-bond acceptors (Lipinski definition) is 2. The van der Waals surface area contributed by atoms with Gasteiger partial charge in [0.15, 0.2) is 0 Å². The van der Waals surface area contributed by atoms with Gasteiger partial charge in [-0.3, -0.25) is 0 Å². The van der Waals surface area contributed by atoms with Crippen LogP contribution in [0.15, 0.2) is 18.2 Å². The van der Waals surface area contributed by atoms with Crippen molar-refractivity contribution in [3.8, 4) is 0 Å². The molecule has 21 heavy (non-hydrogen) atoms. The zero-order chi connectivity index (χ0) is 15.5. The van der Waals surface area contributed by atoms with Gasteiger partial charge in [0.05, 0.1) is 0 Å². The smallest absolute Gasteiger partial charge is 0.0412 e. The molecular weight excluding hydrogens is 256 g/mol. The van der Waals surface area contributed by atoms with E-state index in [1.54, 1.807) is 0 Å². The third-order valence-electron chi connectivity index (χ3n) is 4.73. The number of nitrogens with one attached hydrogen (secondary N) is 1. The van der Waals surface area contributed by atoms with Gasteiger partial charge in [-0.25, -0.2) is 0 Å². The largest absolute Gasteiger partial charge is 0.371 e. The molecule has 2 nitrogen and oxygen atoms in total. The van der Waals surface area contributed by atoms with E-state index in [1.165, 1.54) is 42.7 Å². The third-order valence-corrected chi connectivity index (χ3v) is 4.73. The minimum Gasteiger partial charge on any atom is -0.371 e. The van der Waals surface area contributed by atoms with Crippen LogP contribution in [0, 0.1) is 18.3 Å². The average Bonchev–Trinajstić information content (AvgIpc) is 2.88. The molecule has 0 saturated carbocycles. The molecule has 1 aromatic carbocycles. The van der Waals surface area contributed by atoms with Gasteiger partial charge in [-0.15, -0.1) is 0 Å². The van der Waals surface area contributed by atoms with E-state index in [1.807, 2.05) is 0 Å². The standard InChI is InChI=1S/C19H32N2/c1-6-10-20-13-16-12-15(2)7-8-18(16)21-11-9-17(14-21)19(3,4)5/h7-8,12,17,20H,6,9-11,13-14H2,1-5H3. The molecular formula is C19H32N2. The maximum absolute atomic E-state index is 3.56. The van der Waals surface area contributed by atoms with Crippen LogP contribution in [0.25, 0.3) is 0 Å². The zero-order valence-corrected chi connectivity index (χ0v) is 14.5. The highest BCUT2D eigenvalue weighted by Crippen LogP contribution is 2.36.